The highest BCUT2D eigenvalue weighted by atomic mass is 16.3. The fourth-order valence-electron chi connectivity index (χ4n) is 1.65. The van der Waals surface area contributed by atoms with Crippen molar-refractivity contribution >= 4 is 11.6 Å². The number of aliphatic hydroxyl groups is 1. The zero-order chi connectivity index (χ0) is 13.5. The van der Waals surface area contributed by atoms with Gasteiger partial charge >= 0.3 is 0 Å². The van der Waals surface area contributed by atoms with E-state index in [1.165, 1.54) is 0 Å². The van der Waals surface area contributed by atoms with Gasteiger partial charge in [-0.2, -0.15) is 0 Å². The molecule has 1 aromatic heterocycles. The van der Waals surface area contributed by atoms with Gasteiger partial charge in [0.1, 0.15) is 17.5 Å². The Morgan fingerprint density at radius 2 is 1.94 bits per heavy atom. The highest BCUT2D eigenvalue weighted by Gasteiger charge is 2.10. The van der Waals surface area contributed by atoms with Gasteiger partial charge in [0.15, 0.2) is 0 Å². The third-order valence-corrected chi connectivity index (χ3v) is 2.83. The zero-order valence-electron chi connectivity index (χ0n) is 11.7. The quantitative estimate of drug-likeness (QED) is 0.690. The van der Waals surface area contributed by atoms with Crippen molar-refractivity contribution in [3.63, 3.8) is 0 Å². The molecule has 0 bridgehead atoms. The Bertz CT molecular complexity index is 381. The number of nitrogens with one attached hydrogen (secondary N) is 2. The summed E-state index contributed by atoms with van der Waals surface area (Å²) >= 11 is 0. The number of anilines is 2. The average Bonchev–Trinajstić information content (AvgIpc) is 2.38. The fourth-order valence-corrected chi connectivity index (χ4v) is 1.65. The maximum atomic E-state index is 9.04. The molecule has 1 unspecified atom stereocenters. The molecule has 0 aliphatic carbocycles. The summed E-state index contributed by atoms with van der Waals surface area (Å²) in [4.78, 5) is 9.01. The van der Waals surface area contributed by atoms with Crippen LogP contribution in [-0.2, 0) is 6.42 Å². The summed E-state index contributed by atoms with van der Waals surface area (Å²) in [5, 5.41) is 15.4. The number of aliphatic hydroxyl groups excluding tert-OH is 1. The molecule has 0 saturated heterocycles. The van der Waals surface area contributed by atoms with Crippen LogP contribution in [-0.4, -0.2) is 35.3 Å². The monoisotopic (exact) mass is 252 g/mol. The van der Waals surface area contributed by atoms with Crippen molar-refractivity contribution in [2.45, 2.75) is 33.6 Å². The van der Waals surface area contributed by atoms with E-state index in [0.29, 0.717) is 6.54 Å². The lowest BCUT2D eigenvalue weighted by Gasteiger charge is -2.15. The molecule has 0 aliphatic rings. The standard InChI is InChI=1S/C13H24N4O/c1-5-6-11-16-12(14-4)10(3)13(17-11)15-7-9(2)8-18/h9,18H,5-8H2,1-4H3,(H2,14,15,16,17). The number of hydrogen-bond donors (Lipinski definition) is 3. The number of hydrogen-bond acceptors (Lipinski definition) is 5. The molecule has 0 aromatic carbocycles. The molecule has 1 rings (SSSR count). The summed E-state index contributed by atoms with van der Waals surface area (Å²) in [6.07, 6.45) is 1.90. The summed E-state index contributed by atoms with van der Waals surface area (Å²) in [5.41, 5.74) is 1.02. The van der Waals surface area contributed by atoms with E-state index >= 15 is 0 Å². The lowest BCUT2D eigenvalue weighted by Crippen LogP contribution is -2.17. The van der Waals surface area contributed by atoms with Gasteiger partial charge < -0.3 is 15.7 Å². The van der Waals surface area contributed by atoms with E-state index in [9.17, 15) is 0 Å². The molecule has 102 valence electrons. The second kappa shape index (κ2) is 7.16. The second-order valence-electron chi connectivity index (χ2n) is 4.63. The lowest BCUT2D eigenvalue weighted by molar-refractivity contribution is 0.244. The summed E-state index contributed by atoms with van der Waals surface area (Å²) in [6, 6.07) is 0. The summed E-state index contributed by atoms with van der Waals surface area (Å²) < 4.78 is 0. The average molecular weight is 252 g/mol. The third-order valence-electron chi connectivity index (χ3n) is 2.83. The molecule has 5 nitrogen and oxygen atoms in total. The van der Waals surface area contributed by atoms with Gasteiger partial charge in [0.2, 0.25) is 0 Å². The van der Waals surface area contributed by atoms with Crippen LogP contribution in [0.25, 0.3) is 0 Å². The number of rotatable bonds is 7. The molecular weight excluding hydrogens is 228 g/mol. The van der Waals surface area contributed by atoms with Gasteiger partial charge in [-0.25, -0.2) is 9.97 Å². The van der Waals surface area contributed by atoms with Gasteiger partial charge in [-0.05, 0) is 19.3 Å². The third kappa shape index (κ3) is 3.84. The number of aromatic nitrogens is 2. The summed E-state index contributed by atoms with van der Waals surface area (Å²) in [7, 11) is 1.87. The van der Waals surface area contributed by atoms with Crippen LogP contribution in [0.5, 0.6) is 0 Å². The molecule has 0 radical (unpaired) electrons. The minimum atomic E-state index is 0.178. The molecule has 1 atom stereocenters. The molecule has 5 heteroatoms. The normalized spacial score (nSPS) is 12.3. The smallest absolute Gasteiger partial charge is 0.134 e. The van der Waals surface area contributed by atoms with Crippen LogP contribution >= 0.6 is 0 Å². The fraction of sp³-hybridized carbons (Fsp3) is 0.692. The van der Waals surface area contributed by atoms with Gasteiger partial charge in [0, 0.05) is 32.2 Å². The highest BCUT2D eigenvalue weighted by molar-refractivity contribution is 5.57. The molecule has 0 fully saturated rings. The Hall–Kier alpha value is -1.36. The first-order valence-corrected chi connectivity index (χ1v) is 6.52. The first kappa shape index (κ1) is 14.7. The van der Waals surface area contributed by atoms with Crippen LogP contribution < -0.4 is 10.6 Å². The van der Waals surface area contributed by atoms with Crippen molar-refractivity contribution in [2.75, 3.05) is 30.8 Å². The van der Waals surface area contributed by atoms with Gasteiger partial charge in [-0.15, -0.1) is 0 Å². The SMILES string of the molecule is CCCc1nc(NC)c(C)c(NCC(C)CO)n1. The molecule has 18 heavy (non-hydrogen) atoms. The van der Waals surface area contributed by atoms with Crippen LogP contribution in [0.1, 0.15) is 31.7 Å². The van der Waals surface area contributed by atoms with Crippen molar-refractivity contribution in [1.29, 1.82) is 0 Å². The lowest BCUT2D eigenvalue weighted by atomic mass is 10.2. The van der Waals surface area contributed by atoms with E-state index in [1.54, 1.807) is 0 Å². The van der Waals surface area contributed by atoms with Crippen LogP contribution in [0.2, 0.25) is 0 Å². The van der Waals surface area contributed by atoms with Crippen molar-refractivity contribution in [2.24, 2.45) is 5.92 Å². The van der Waals surface area contributed by atoms with E-state index in [2.05, 4.69) is 27.5 Å². The highest BCUT2D eigenvalue weighted by Crippen LogP contribution is 2.20. The van der Waals surface area contributed by atoms with E-state index in [4.69, 9.17) is 5.11 Å². The van der Waals surface area contributed by atoms with Crippen molar-refractivity contribution in [1.82, 2.24) is 9.97 Å². The maximum absolute atomic E-state index is 9.04. The second-order valence-corrected chi connectivity index (χ2v) is 4.63. The molecule has 1 heterocycles. The van der Waals surface area contributed by atoms with Crippen molar-refractivity contribution < 1.29 is 5.11 Å². The maximum Gasteiger partial charge on any atom is 0.134 e. The van der Waals surface area contributed by atoms with Crippen LogP contribution in [0, 0.1) is 12.8 Å². The van der Waals surface area contributed by atoms with E-state index in [0.717, 1.165) is 35.9 Å². The Kier molecular flexibility index (Phi) is 5.85. The Morgan fingerprint density at radius 3 is 2.50 bits per heavy atom. The Balaban J connectivity index is 2.90. The van der Waals surface area contributed by atoms with Crippen molar-refractivity contribution in [3.8, 4) is 0 Å². The molecule has 0 amide bonds. The molecule has 0 saturated carbocycles. The van der Waals surface area contributed by atoms with Crippen LogP contribution in [0.15, 0.2) is 0 Å². The topological polar surface area (TPSA) is 70.1 Å². The number of aryl methyl sites for hydroxylation is 1. The Labute approximate surface area is 109 Å². The summed E-state index contributed by atoms with van der Waals surface area (Å²) in [5.74, 6) is 2.80. The number of nitrogens with zero attached hydrogens (tertiary/aromatic N) is 2. The predicted octanol–water partition coefficient (Wildman–Crippen LogP) is 1.82. The molecule has 3 N–H and O–H groups in total. The first-order chi connectivity index (χ1) is 8.62. The van der Waals surface area contributed by atoms with Gasteiger partial charge in [-0.3, -0.25) is 0 Å². The minimum Gasteiger partial charge on any atom is -0.396 e. The van der Waals surface area contributed by atoms with Crippen LogP contribution in [0.4, 0.5) is 11.6 Å². The van der Waals surface area contributed by atoms with Crippen LogP contribution in [0.3, 0.4) is 0 Å². The zero-order valence-corrected chi connectivity index (χ0v) is 11.7. The van der Waals surface area contributed by atoms with Gasteiger partial charge in [0.05, 0.1) is 0 Å². The first-order valence-electron chi connectivity index (χ1n) is 6.52. The molecular formula is C13H24N4O. The Morgan fingerprint density at radius 1 is 1.28 bits per heavy atom. The predicted molar refractivity (Wildman–Crippen MR) is 75.1 cm³/mol. The van der Waals surface area contributed by atoms with Crippen molar-refractivity contribution in [3.05, 3.63) is 11.4 Å². The molecule has 0 spiro atoms. The van der Waals surface area contributed by atoms with Gasteiger partial charge in [0.25, 0.3) is 0 Å². The van der Waals surface area contributed by atoms with Gasteiger partial charge in [-0.1, -0.05) is 13.8 Å². The van der Waals surface area contributed by atoms with E-state index < -0.39 is 0 Å². The van der Waals surface area contributed by atoms with E-state index in [1.807, 2.05) is 20.9 Å². The largest absolute Gasteiger partial charge is 0.396 e. The summed E-state index contributed by atoms with van der Waals surface area (Å²) in [6.45, 7) is 6.99. The molecule has 1 aromatic rings. The molecule has 0 aliphatic heterocycles. The van der Waals surface area contributed by atoms with E-state index in [-0.39, 0.29) is 12.5 Å². The minimum absolute atomic E-state index is 0.178.